The quantitative estimate of drug-likeness (QED) is 0.605. The molecule has 4 saturated carbocycles. The molecule has 4 rings (SSSR count). The third kappa shape index (κ3) is 3.66. The Kier molecular flexibility index (Phi) is 6.13. The first-order valence-corrected chi connectivity index (χ1v) is 12.6. The second-order valence-electron chi connectivity index (χ2n) is 12.1. The SMILES string of the molecule is C[C@@H](CCC(=O)[O-])[C@H]1CC[C@H]2[C@H]3[C@H](C(=O)[O-])C[C@@H]4C[C@H](C(=O)[O-])CC[C@]4(C)[C@H]3CC[C@]12C. The summed E-state index contributed by atoms with van der Waals surface area (Å²) in [5.74, 6) is -2.57. The van der Waals surface area contributed by atoms with Gasteiger partial charge in [-0.2, -0.15) is 0 Å². The number of carboxylic acid groups (broad SMARTS) is 3. The van der Waals surface area contributed by atoms with Gasteiger partial charge in [-0.05, 0) is 116 Å². The third-order valence-corrected chi connectivity index (χ3v) is 10.9. The molecule has 32 heavy (non-hydrogen) atoms. The van der Waals surface area contributed by atoms with Crippen LogP contribution in [0, 0.1) is 58.2 Å². The molecule has 0 N–H and O–H groups in total. The minimum Gasteiger partial charge on any atom is -0.550 e. The standard InChI is InChI=1S/C26H40O6/c1-14(4-7-21(27)28)18-5-6-19-22-17(24(31)32)13-16-12-15(23(29)30)8-10-25(16,2)20(22)9-11-26(18,19)3/h14-20,22H,4-13H2,1-3H3,(H,27,28)(H,29,30)(H,31,32)/p-3/t14-,15+,16-,17+,18+,19-,20-,22+,25-,26+/m0/s1. The summed E-state index contributed by atoms with van der Waals surface area (Å²) in [5.41, 5.74) is -0.00578. The van der Waals surface area contributed by atoms with Crippen LogP contribution in [-0.4, -0.2) is 17.9 Å². The van der Waals surface area contributed by atoms with Crippen LogP contribution in [0.25, 0.3) is 0 Å². The second kappa shape index (κ2) is 8.32. The van der Waals surface area contributed by atoms with Crippen LogP contribution in [-0.2, 0) is 14.4 Å². The van der Waals surface area contributed by atoms with Crippen molar-refractivity contribution in [3.63, 3.8) is 0 Å². The van der Waals surface area contributed by atoms with Crippen molar-refractivity contribution in [1.82, 2.24) is 0 Å². The highest BCUT2D eigenvalue weighted by Gasteiger charge is 2.63. The Balaban J connectivity index is 1.61. The number of hydrogen-bond donors (Lipinski definition) is 0. The molecule has 4 fully saturated rings. The molecule has 180 valence electrons. The Morgan fingerprint density at radius 2 is 1.53 bits per heavy atom. The van der Waals surface area contributed by atoms with Crippen LogP contribution in [0.1, 0.15) is 85.0 Å². The van der Waals surface area contributed by atoms with E-state index in [0.29, 0.717) is 37.5 Å². The Morgan fingerprint density at radius 3 is 2.16 bits per heavy atom. The lowest BCUT2D eigenvalue weighted by Gasteiger charge is -2.64. The Morgan fingerprint density at radius 1 is 0.875 bits per heavy atom. The lowest BCUT2D eigenvalue weighted by Crippen LogP contribution is -2.60. The monoisotopic (exact) mass is 445 g/mol. The van der Waals surface area contributed by atoms with Crippen LogP contribution in [0.4, 0.5) is 0 Å². The predicted octanol–water partition coefficient (Wildman–Crippen LogP) is 1.15. The Labute approximate surface area is 191 Å². The maximum atomic E-state index is 12.4. The summed E-state index contributed by atoms with van der Waals surface area (Å²) in [6, 6.07) is 0. The maximum Gasteiger partial charge on any atom is 0.0448 e. The van der Waals surface area contributed by atoms with Crippen LogP contribution < -0.4 is 15.3 Å². The second-order valence-corrected chi connectivity index (χ2v) is 12.1. The molecule has 4 aliphatic rings. The zero-order valence-corrected chi connectivity index (χ0v) is 19.6. The zero-order valence-electron chi connectivity index (χ0n) is 19.6. The first-order chi connectivity index (χ1) is 15.0. The maximum absolute atomic E-state index is 12.4. The summed E-state index contributed by atoms with van der Waals surface area (Å²) in [7, 11) is 0. The predicted molar refractivity (Wildman–Crippen MR) is 111 cm³/mol. The van der Waals surface area contributed by atoms with E-state index in [9.17, 15) is 29.7 Å². The fourth-order valence-electron chi connectivity index (χ4n) is 9.25. The number of rotatable bonds is 6. The van der Waals surface area contributed by atoms with E-state index >= 15 is 0 Å². The Bertz CT molecular complexity index is 778. The molecule has 10 atom stereocenters. The van der Waals surface area contributed by atoms with Gasteiger partial charge in [0.2, 0.25) is 0 Å². The first kappa shape index (κ1) is 23.6. The summed E-state index contributed by atoms with van der Waals surface area (Å²) in [6.45, 7) is 6.74. The van der Waals surface area contributed by atoms with Crippen molar-refractivity contribution < 1.29 is 29.7 Å². The summed E-state index contributed by atoms with van der Waals surface area (Å²) in [6.07, 6.45) is 7.18. The molecule has 0 aromatic rings. The number of aliphatic carboxylic acids is 3. The fraction of sp³-hybridized carbons (Fsp3) is 0.885. The minimum atomic E-state index is -1.00. The van der Waals surface area contributed by atoms with Gasteiger partial charge in [-0.15, -0.1) is 0 Å². The van der Waals surface area contributed by atoms with Gasteiger partial charge in [-0.3, -0.25) is 0 Å². The van der Waals surface area contributed by atoms with Crippen molar-refractivity contribution in [2.45, 2.75) is 85.0 Å². The molecule has 0 aliphatic heterocycles. The van der Waals surface area contributed by atoms with Gasteiger partial charge in [0.15, 0.2) is 0 Å². The zero-order chi connectivity index (χ0) is 23.4. The molecule has 0 unspecified atom stereocenters. The lowest BCUT2D eigenvalue weighted by atomic mass is 9.41. The molecule has 0 aromatic carbocycles. The van der Waals surface area contributed by atoms with Gasteiger partial charge in [0.25, 0.3) is 0 Å². The average molecular weight is 446 g/mol. The van der Waals surface area contributed by atoms with Gasteiger partial charge in [0.05, 0.1) is 0 Å². The number of hydrogen-bond acceptors (Lipinski definition) is 6. The van der Waals surface area contributed by atoms with Crippen molar-refractivity contribution >= 4 is 17.9 Å². The van der Waals surface area contributed by atoms with Crippen molar-refractivity contribution in [3.05, 3.63) is 0 Å². The highest BCUT2D eigenvalue weighted by molar-refractivity contribution is 5.69. The minimum absolute atomic E-state index is 0.0194. The first-order valence-electron chi connectivity index (χ1n) is 12.6. The molecule has 0 aromatic heterocycles. The van der Waals surface area contributed by atoms with Crippen LogP contribution in [0.15, 0.2) is 0 Å². The van der Waals surface area contributed by atoms with E-state index in [1.54, 1.807) is 0 Å². The smallest absolute Gasteiger partial charge is 0.0448 e. The van der Waals surface area contributed by atoms with Crippen molar-refractivity contribution in [1.29, 1.82) is 0 Å². The Hall–Kier alpha value is -1.59. The average Bonchev–Trinajstić information content (AvgIpc) is 3.07. The van der Waals surface area contributed by atoms with Gasteiger partial charge in [-0.25, -0.2) is 0 Å². The molecule has 0 bridgehead atoms. The summed E-state index contributed by atoms with van der Waals surface area (Å²) < 4.78 is 0. The van der Waals surface area contributed by atoms with E-state index in [1.807, 2.05) is 0 Å². The van der Waals surface area contributed by atoms with Gasteiger partial charge < -0.3 is 29.7 Å². The lowest BCUT2D eigenvalue weighted by molar-refractivity contribution is -0.321. The van der Waals surface area contributed by atoms with Crippen LogP contribution >= 0.6 is 0 Å². The van der Waals surface area contributed by atoms with Crippen molar-refractivity contribution in [3.8, 4) is 0 Å². The fourth-order valence-corrected chi connectivity index (χ4v) is 9.25. The molecule has 0 heterocycles. The van der Waals surface area contributed by atoms with E-state index in [4.69, 9.17) is 0 Å². The van der Waals surface area contributed by atoms with Crippen molar-refractivity contribution in [2.75, 3.05) is 0 Å². The van der Waals surface area contributed by atoms with E-state index in [0.717, 1.165) is 32.1 Å². The highest BCUT2D eigenvalue weighted by atomic mass is 16.4. The molecule has 0 amide bonds. The molecular weight excluding hydrogens is 408 g/mol. The number of carboxylic acids is 3. The molecule has 0 spiro atoms. The van der Waals surface area contributed by atoms with E-state index in [-0.39, 0.29) is 40.9 Å². The molecule has 0 radical (unpaired) electrons. The molecule has 6 nitrogen and oxygen atoms in total. The molecule has 4 aliphatic carbocycles. The van der Waals surface area contributed by atoms with Gasteiger partial charge >= 0.3 is 0 Å². The van der Waals surface area contributed by atoms with Crippen LogP contribution in [0.3, 0.4) is 0 Å². The summed E-state index contributed by atoms with van der Waals surface area (Å²) in [5, 5.41) is 34.9. The topological polar surface area (TPSA) is 120 Å². The van der Waals surface area contributed by atoms with Gasteiger partial charge in [0, 0.05) is 23.8 Å². The summed E-state index contributed by atoms with van der Waals surface area (Å²) in [4.78, 5) is 34.9. The normalized spacial score (nSPS) is 46.4. The van der Waals surface area contributed by atoms with Crippen molar-refractivity contribution in [2.24, 2.45) is 58.2 Å². The number of fused-ring (bicyclic) bond motifs is 5. The van der Waals surface area contributed by atoms with Crippen LogP contribution in [0.2, 0.25) is 0 Å². The van der Waals surface area contributed by atoms with Crippen LogP contribution in [0.5, 0.6) is 0 Å². The van der Waals surface area contributed by atoms with Gasteiger partial charge in [-0.1, -0.05) is 20.8 Å². The largest absolute Gasteiger partial charge is 0.550 e. The third-order valence-electron chi connectivity index (χ3n) is 10.9. The van der Waals surface area contributed by atoms with E-state index < -0.39 is 29.7 Å². The molecular formula is C26H37O6-3. The van der Waals surface area contributed by atoms with Gasteiger partial charge in [0.1, 0.15) is 0 Å². The molecule has 0 saturated heterocycles. The highest BCUT2D eigenvalue weighted by Crippen LogP contribution is 2.69. The molecule has 6 heteroatoms. The summed E-state index contributed by atoms with van der Waals surface area (Å²) >= 11 is 0. The number of carbonyl (C=O) groups is 3. The number of carbonyl (C=O) groups excluding carboxylic acids is 3. The van der Waals surface area contributed by atoms with E-state index in [1.165, 1.54) is 0 Å². The van der Waals surface area contributed by atoms with E-state index in [2.05, 4.69) is 20.8 Å².